The molecule has 0 bridgehead atoms. The highest BCUT2D eigenvalue weighted by atomic mass is 35.5. The number of hydrogen-bond acceptors (Lipinski definition) is 1. The summed E-state index contributed by atoms with van der Waals surface area (Å²) in [6.45, 7) is 3.82. The van der Waals surface area contributed by atoms with E-state index >= 15 is 0 Å². The van der Waals surface area contributed by atoms with Crippen LogP contribution in [-0.2, 0) is 5.41 Å². The van der Waals surface area contributed by atoms with E-state index in [0.29, 0.717) is 5.02 Å². The van der Waals surface area contributed by atoms with E-state index in [9.17, 15) is 0 Å². The Balaban J connectivity index is 3.26. The molecule has 0 aliphatic heterocycles. The van der Waals surface area contributed by atoms with Crippen LogP contribution in [0, 0.1) is 12.3 Å². The van der Waals surface area contributed by atoms with E-state index < -0.39 is 5.41 Å². The molecule has 0 saturated heterocycles. The molecular formula is C11H11ClO. The average molecular weight is 195 g/mol. The third-order valence-corrected chi connectivity index (χ3v) is 2.30. The van der Waals surface area contributed by atoms with Crippen LogP contribution in [0.25, 0.3) is 0 Å². The maximum absolute atomic E-state index is 9.14. The molecule has 1 rings (SSSR count). The molecule has 0 saturated carbocycles. The fourth-order valence-electron chi connectivity index (χ4n) is 1.09. The highest BCUT2D eigenvalue weighted by Gasteiger charge is 2.20. The molecule has 1 nitrogen and oxygen atoms in total. The summed E-state index contributed by atoms with van der Waals surface area (Å²) in [5.41, 5.74) is 0.458. The van der Waals surface area contributed by atoms with Crippen LogP contribution in [0.4, 0.5) is 0 Å². The van der Waals surface area contributed by atoms with Gasteiger partial charge in [-0.15, -0.1) is 6.42 Å². The Bertz CT molecular complexity index is 361. The van der Waals surface area contributed by atoms with Crippen molar-refractivity contribution < 1.29 is 5.11 Å². The van der Waals surface area contributed by atoms with E-state index in [0.717, 1.165) is 5.56 Å². The predicted octanol–water partition coefficient (Wildman–Crippen LogP) is 2.96. The number of aromatic hydroxyl groups is 1. The lowest BCUT2D eigenvalue weighted by molar-refractivity contribution is 0.474. The van der Waals surface area contributed by atoms with Crippen LogP contribution in [0.1, 0.15) is 19.4 Å². The zero-order valence-corrected chi connectivity index (χ0v) is 8.39. The Hall–Kier alpha value is -1.13. The van der Waals surface area contributed by atoms with Crippen molar-refractivity contribution in [2.45, 2.75) is 19.3 Å². The van der Waals surface area contributed by atoms with Crippen LogP contribution >= 0.6 is 11.6 Å². The molecule has 0 aliphatic rings. The Morgan fingerprint density at radius 3 is 2.54 bits per heavy atom. The van der Waals surface area contributed by atoms with Gasteiger partial charge in [-0.2, -0.15) is 0 Å². The van der Waals surface area contributed by atoms with Gasteiger partial charge in [0.05, 0.1) is 5.41 Å². The second kappa shape index (κ2) is 3.32. The highest BCUT2D eigenvalue weighted by Crippen LogP contribution is 2.31. The quantitative estimate of drug-likeness (QED) is 0.682. The summed E-state index contributed by atoms with van der Waals surface area (Å²) < 4.78 is 0. The van der Waals surface area contributed by atoms with Gasteiger partial charge in [0.1, 0.15) is 5.75 Å². The normalized spacial score (nSPS) is 10.9. The van der Waals surface area contributed by atoms with Crippen LogP contribution in [-0.4, -0.2) is 5.11 Å². The van der Waals surface area contributed by atoms with Crippen LogP contribution in [0.3, 0.4) is 0 Å². The van der Waals surface area contributed by atoms with Crippen molar-refractivity contribution in [3.8, 4) is 18.1 Å². The number of hydrogen-bond donors (Lipinski definition) is 1. The van der Waals surface area contributed by atoms with E-state index in [1.54, 1.807) is 12.1 Å². The number of benzene rings is 1. The molecule has 2 heteroatoms. The Labute approximate surface area is 83.4 Å². The molecule has 0 fully saturated rings. The van der Waals surface area contributed by atoms with E-state index in [1.807, 2.05) is 13.8 Å². The minimum absolute atomic E-state index is 0.154. The predicted molar refractivity (Wildman–Crippen MR) is 55.0 cm³/mol. The maximum Gasteiger partial charge on any atom is 0.117 e. The van der Waals surface area contributed by atoms with Crippen molar-refractivity contribution in [2.75, 3.05) is 0 Å². The first-order valence-electron chi connectivity index (χ1n) is 3.94. The largest absolute Gasteiger partial charge is 0.508 e. The first-order chi connectivity index (χ1) is 5.97. The maximum atomic E-state index is 9.14. The summed E-state index contributed by atoms with van der Waals surface area (Å²) in [5.74, 6) is 2.81. The second-order valence-corrected chi connectivity index (χ2v) is 3.84. The molecular weight excluding hydrogens is 184 g/mol. The molecule has 0 spiro atoms. The van der Waals surface area contributed by atoms with Crippen LogP contribution in [0.2, 0.25) is 5.02 Å². The molecule has 1 aromatic rings. The summed E-state index contributed by atoms with van der Waals surface area (Å²) in [6.07, 6.45) is 5.37. The zero-order valence-electron chi connectivity index (χ0n) is 7.63. The summed E-state index contributed by atoms with van der Waals surface area (Å²) in [4.78, 5) is 0. The third kappa shape index (κ3) is 1.96. The highest BCUT2D eigenvalue weighted by molar-refractivity contribution is 6.31. The van der Waals surface area contributed by atoms with Gasteiger partial charge in [0.15, 0.2) is 0 Å². The van der Waals surface area contributed by atoms with Gasteiger partial charge in [-0.1, -0.05) is 23.6 Å². The van der Waals surface area contributed by atoms with Crippen LogP contribution < -0.4 is 0 Å². The fourth-order valence-corrected chi connectivity index (χ4v) is 1.50. The second-order valence-electron chi connectivity index (χ2n) is 3.43. The number of phenols is 1. The number of rotatable bonds is 1. The van der Waals surface area contributed by atoms with E-state index in [1.165, 1.54) is 6.07 Å². The first-order valence-corrected chi connectivity index (χ1v) is 4.32. The average Bonchev–Trinajstić information content (AvgIpc) is 2.03. The standard InChI is InChI=1S/C11H11ClO/c1-4-11(2,3)9-6-5-8(13)7-10(9)12/h1,5-7,13H,2-3H3. The van der Waals surface area contributed by atoms with Crippen molar-refractivity contribution in [2.24, 2.45) is 0 Å². The molecule has 0 heterocycles. The molecule has 0 atom stereocenters. The van der Waals surface area contributed by atoms with Crippen molar-refractivity contribution >= 4 is 11.6 Å². The smallest absolute Gasteiger partial charge is 0.117 e. The Morgan fingerprint density at radius 1 is 1.46 bits per heavy atom. The summed E-state index contributed by atoms with van der Waals surface area (Å²) in [6, 6.07) is 4.83. The SMILES string of the molecule is C#CC(C)(C)c1ccc(O)cc1Cl. The molecule has 68 valence electrons. The molecule has 0 unspecified atom stereocenters. The van der Waals surface area contributed by atoms with Gasteiger partial charge < -0.3 is 5.11 Å². The van der Waals surface area contributed by atoms with Gasteiger partial charge in [0.25, 0.3) is 0 Å². The summed E-state index contributed by atoms with van der Waals surface area (Å²) >= 11 is 5.94. The summed E-state index contributed by atoms with van der Waals surface area (Å²) in [7, 11) is 0. The minimum atomic E-state index is -0.398. The lowest BCUT2D eigenvalue weighted by atomic mass is 9.86. The van der Waals surface area contributed by atoms with Gasteiger partial charge in [-0.25, -0.2) is 0 Å². The van der Waals surface area contributed by atoms with Gasteiger partial charge in [-0.3, -0.25) is 0 Å². The summed E-state index contributed by atoms with van der Waals surface area (Å²) in [5, 5.41) is 9.64. The van der Waals surface area contributed by atoms with Crippen LogP contribution in [0.15, 0.2) is 18.2 Å². The Kier molecular flexibility index (Phi) is 2.54. The van der Waals surface area contributed by atoms with Crippen molar-refractivity contribution in [3.05, 3.63) is 28.8 Å². The van der Waals surface area contributed by atoms with Gasteiger partial charge >= 0.3 is 0 Å². The molecule has 0 aliphatic carbocycles. The van der Waals surface area contributed by atoms with E-state index in [4.69, 9.17) is 23.1 Å². The van der Waals surface area contributed by atoms with Gasteiger partial charge in [0, 0.05) is 5.02 Å². The molecule has 1 N–H and O–H groups in total. The van der Waals surface area contributed by atoms with Crippen molar-refractivity contribution in [1.82, 2.24) is 0 Å². The lowest BCUT2D eigenvalue weighted by Crippen LogP contribution is -2.14. The van der Waals surface area contributed by atoms with E-state index in [-0.39, 0.29) is 5.75 Å². The topological polar surface area (TPSA) is 20.2 Å². The third-order valence-electron chi connectivity index (χ3n) is 1.99. The molecule has 0 amide bonds. The van der Waals surface area contributed by atoms with Crippen molar-refractivity contribution in [1.29, 1.82) is 0 Å². The molecule has 1 aromatic carbocycles. The first kappa shape index (κ1) is 9.95. The fraction of sp³-hybridized carbons (Fsp3) is 0.273. The minimum Gasteiger partial charge on any atom is -0.508 e. The zero-order chi connectivity index (χ0) is 10.1. The molecule has 13 heavy (non-hydrogen) atoms. The Morgan fingerprint density at radius 2 is 2.08 bits per heavy atom. The molecule has 0 aromatic heterocycles. The number of phenolic OH excluding ortho intramolecular Hbond substituents is 1. The number of terminal acetylenes is 1. The van der Waals surface area contributed by atoms with E-state index in [2.05, 4.69) is 5.92 Å². The number of halogens is 1. The monoisotopic (exact) mass is 194 g/mol. The van der Waals surface area contributed by atoms with Crippen LogP contribution in [0.5, 0.6) is 5.75 Å². The molecule has 0 radical (unpaired) electrons. The lowest BCUT2D eigenvalue weighted by Gasteiger charge is -2.19. The van der Waals surface area contributed by atoms with Crippen molar-refractivity contribution in [3.63, 3.8) is 0 Å². The van der Waals surface area contributed by atoms with Gasteiger partial charge in [-0.05, 0) is 31.5 Å². The van der Waals surface area contributed by atoms with Gasteiger partial charge in [0.2, 0.25) is 0 Å².